The van der Waals surface area contributed by atoms with Crippen molar-refractivity contribution in [2.45, 2.75) is 51.0 Å². The van der Waals surface area contributed by atoms with E-state index in [9.17, 15) is 5.11 Å². The van der Waals surface area contributed by atoms with Crippen LogP contribution in [0.4, 0.5) is 0 Å². The third-order valence-corrected chi connectivity index (χ3v) is 11.7. The highest BCUT2D eigenvalue weighted by Gasteiger charge is 2.50. The molecule has 3 aromatic carbocycles. The van der Waals surface area contributed by atoms with Crippen LogP contribution in [0, 0.1) is 0 Å². The molecule has 1 aliphatic rings. The molecule has 35 heavy (non-hydrogen) atoms. The lowest BCUT2D eigenvalue weighted by Gasteiger charge is -2.43. The first-order valence-corrected chi connectivity index (χ1v) is 14.1. The van der Waals surface area contributed by atoms with Gasteiger partial charge in [-0.05, 0) is 45.1 Å². The van der Waals surface area contributed by atoms with Crippen molar-refractivity contribution in [3.05, 3.63) is 102 Å². The van der Waals surface area contributed by atoms with Gasteiger partial charge in [0.15, 0.2) is 0 Å². The molecule has 0 heterocycles. The van der Waals surface area contributed by atoms with Gasteiger partial charge in [-0.3, -0.25) is 0 Å². The number of hydrogen-bond acceptors (Lipinski definition) is 4. The van der Waals surface area contributed by atoms with Crippen LogP contribution in [0.2, 0.25) is 5.04 Å². The molecule has 4 rings (SSSR count). The monoisotopic (exact) mass is 488 g/mol. The van der Waals surface area contributed by atoms with Gasteiger partial charge in [0.25, 0.3) is 8.32 Å². The third kappa shape index (κ3) is 5.59. The molecule has 4 nitrogen and oxygen atoms in total. The van der Waals surface area contributed by atoms with E-state index in [2.05, 4.69) is 81.4 Å². The molecule has 1 aliphatic carbocycles. The van der Waals surface area contributed by atoms with Crippen molar-refractivity contribution in [1.82, 2.24) is 0 Å². The Balaban J connectivity index is 1.53. The fourth-order valence-electron chi connectivity index (χ4n) is 4.94. The van der Waals surface area contributed by atoms with E-state index in [1.54, 1.807) is 7.11 Å². The maximum absolute atomic E-state index is 10.7. The zero-order valence-electron chi connectivity index (χ0n) is 21.1. The van der Waals surface area contributed by atoms with Crippen LogP contribution in [0.25, 0.3) is 0 Å². The number of rotatable bonds is 9. The summed E-state index contributed by atoms with van der Waals surface area (Å²) in [6.45, 7) is 7.74. The van der Waals surface area contributed by atoms with Gasteiger partial charge in [-0.2, -0.15) is 0 Å². The molecule has 1 unspecified atom stereocenters. The number of aliphatic hydroxyl groups is 1. The molecule has 5 heteroatoms. The molecule has 0 aromatic heterocycles. The lowest BCUT2D eigenvalue weighted by Crippen LogP contribution is -2.66. The summed E-state index contributed by atoms with van der Waals surface area (Å²) < 4.78 is 18.3. The zero-order valence-corrected chi connectivity index (χ0v) is 22.1. The molecule has 0 saturated carbocycles. The molecule has 0 aliphatic heterocycles. The first-order chi connectivity index (χ1) is 16.8. The SMILES string of the molecule is COc1ccc(CO[C@H]2C=C(CO[Si](c3ccccc3)(c3ccccc3)C(C)(C)C)CC2O)cc1. The van der Waals surface area contributed by atoms with E-state index in [1.807, 2.05) is 30.3 Å². The Hall–Kier alpha value is -2.70. The molecule has 0 bridgehead atoms. The largest absolute Gasteiger partial charge is 0.497 e. The van der Waals surface area contributed by atoms with Crippen molar-refractivity contribution in [1.29, 1.82) is 0 Å². The smallest absolute Gasteiger partial charge is 0.261 e. The van der Waals surface area contributed by atoms with Crippen molar-refractivity contribution in [2.24, 2.45) is 0 Å². The van der Waals surface area contributed by atoms with Gasteiger partial charge in [0.2, 0.25) is 0 Å². The molecular weight excluding hydrogens is 452 g/mol. The van der Waals surface area contributed by atoms with Crippen LogP contribution in [0.5, 0.6) is 5.75 Å². The Morgan fingerprint density at radius 2 is 1.40 bits per heavy atom. The van der Waals surface area contributed by atoms with Crippen molar-refractivity contribution in [2.75, 3.05) is 13.7 Å². The predicted octanol–water partition coefficient (Wildman–Crippen LogP) is 4.85. The summed E-state index contributed by atoms with van der Waals surface area (Å²) in [7, 11) is -0.962. The molecule has 0 spiro atoms. The molecule has 0 saturated heterocycles. The van der Waals surface area contributed by atoms with Crippen LogP contribution < -0.4 is 15.1 Å². The molecule has 0 fully saturated rings. The molecule has 1 N–H and O–H groups in total. The summed E-state index contributed by atoms with van der Waals surface area (Å²) >= 11 is 0. The highest BCUT2D eigenvalue weighted by Crippen LogP contribution is 2.37. The summed E-state index contributed by atoms with van der Waals surface area (Å²) in [6, 6.07) is 29.1. The summed E-state index contributed by atoms with van der Waals surface area (Å²) in [5.74, 6) is 0.817. The van der Waals surface area contributed by atoms with Gasteiger partial charge in [0.1, 0.15) is 11.9 Å². The topological polar surface area (TPSA) is 47.9 Å². The summed E-state index contributed by atoms with van der Waals surface area (Å²) in [5, 5.41) is 13.1. The summed E-state index contributed by atoms with van der Waals surface area (Å²) in [6.07, 6.45) is 1.71. The van der Waals surface area contributed by atoms with E-state index in [1.165, 1.54) is 10.4 Å². The number of methoxy groups -OCH3 is 1. The fraction of sp³-hybridized carbons (Fsp3) is 0.333. The Morgan fingerprint density at radius 1 is 0.829 bits per heavy atom. The first-order valence-electron chi connectivity index (χ1n) is 12.2. The summed E-state index contributed by atoms with van der Waals surface area (Å²) in [4.78, 5) is 0. The average Bonchev–Trinajstić information content (AvgIpc) is 3.23. The van der Waals surface area contributed by atoms with Gasteiger partial charge in [-0.15, -0.1) is 0 Å². The maximum Gasteiger partial charge on any atom is 0.261 e. The number of aliphatic hydroxyl groups excluding tert-OH is 1. The standard InChI is InChI=1S/C30H36O4Si/c1-30(2,3)35(26-11-7-5-8-12-26,27-13-9-6-10-14-27)34-22-24-19-28(31)29(20-24)33-21-23-15-17-25(32-4)18-16-23/h5-18,20,28-29,31H,19,21-22H2,1-4H3/t28?,29-/m0/s1. The van der Waals surface area contributed by atoms with E-state index in [-0.39, 0.29) is 11.1 Å². The molecule has 0 radical (unpaired) electrons. The maximum atomic E-state index is 10.7. The van der Waals surface area contributed by atoms with Crippen LogP contribution in [0.15, 0.2) is 96.6 Å². The highest BCUT2D eigenvalue weighted by molar-refractivity contribution is 6.99. The normalized spacial score (nSPS) is 18.4. The van der Waals surface area contributed by atoms with Crippen LogP contribution in [-0.4, -0.2) is 39.3 Å². The average molecular weight is 489 g/mol. The molecule has 2 atom stereocenters. The second-order valence-corrected chi connectivity index (χ2v) is 14.5. The van der Waals surface area contributed by atoms with Gasteiger partial charge in [0.05, 0.1) is 26.4 Å². The van der Waals surface area contributed by atoms with E-state index < -0.39 is 14.4 Å². The quantitative estimate of drug-likeness (QED) is 0.346. The van der Waals surface area contributed by atoms with Gasteiger partial charge in [0, 0.05) is 0 Å². The van der Waals surface area contributed by atoms with E-state index in [0.717, 1.165) is 16.9 Å². The predicted molar refractivity (Wildman–Crippen MR) is 144 cm³/mol. The minimum Gasteiger partial charge on any atom is -0.497 e. The Morgan fingerprint density at radius 3 is 1.91 bits per heavy atom. The zero-order chi connectivity index (χ0) is 24.9. The van der Waals surface area contributed by atoms with Crippen LogP contribution in [0.3, 0.4) is 0 Å². The van der Waals surface area contributed by atoms with E-state index in [4.69, 9.17) is 13.9 Å². The number of benzene rings is 3. The van der Waals surface area contributed by atoms with Crippen LogP contribution in [0.1, 0.15) is 32.8 Å². The molecular formula is C30H36O4Si. The van der Waals surface area contributed by atoms with Crippen molar-refractivity contribution in [3.8, 4) is 5.75 Å². The Bertz CT molecular complexity index is 1070. The van der Waals surface area contributed by atoms with Crippen molar-refractivity contribution < 1.29 is 19.0 Å². The molecule has 184 valence electrons. The third-order valence-electron chi connectivity index (χ3n) is 6.74. The molecule has 3 aromatic rings. The highest BCUT2D eigenvalue weighted by atomic mass is 28.4. The Labute approximate surface area is 210 Å². The fourth-order valence-corrected chi connectivity index (χ4v) is 9.50. The summed E-state index contributed by atoms with van der Waals surface area (Å²) in [5.41, 5.74) is 2.13. The lowest BCUT2D eigenvalue weighted by atomic mass is 10.2. The minimum absolute atomic E-state index is 0.0856. The van der Waals surface area contributed by atoms with E-state index >= 15 is 0 Å². The lowest BCUT2D eigenvalue weighted by molar-refractivity contribution is -0.00948. The van der Waals surface area contributed by atoms with Crippen molar-refractivity contribution in [3.63, 3.8) is 0 Å². The van der Waals surface area contributed by atoms with Crippen molar-refractivity contribution >= 4 is 18.7 Å². The van der Waals surface area contributed by atoms with E-state index in [0.29, 0.717) is 19.6 Å². The van der Waals surface area contributed by atoms with Gasteiger partial charge in [-0.25, -0.2) is 0 Å². The van der Waals surface area contributed by atoms with Gasteiger partial charge in [-0.1, -0.05) is 99.6 Å². The second-order valence-electron chi connectivity index (χ2n) is 10.2. The first kappa shape index (κ1) is 25.4. The van der Waals surface area contributed by atoms with Gasteiger partial charge < -0.3 is 19.0 Å². The van der Waals surface area contributed by atoms with Crippen LogP contribution >= 0.6 is 0 Å². The minimum atomic E-state index is -2.62. The van der Waals surface area contributed by atoms with Gasteiger partial charge >= 0.3 is 0 Å². The second kappa shape index (κ2) is 10.9. The number of ether oxygens (including phenoxy) is 2. The Kier molecular flexibility index (Phi) is 7.92. The van der Waals surface area contributed by atoms with Crippen LogP contribution in [-0.2, 0) is 15.8 Å². The number of hydrogen-bond donors (Lipinski definition) is 1. The molecule has 0 amide bonds.